The third kappa shape index (κ3) is 1.68. The van der Waals surface area contributed by atoms with Crippen LogP contribution in [0.4, 0.5) is 0 Å². The highest BCUT2D eigenvalue weighted by molar-refractivity contribution is 5.92. The lowest BCUT2D eigenvalue weighted by Gasteiger charge is -2.34. The average Bonchev–Trinajstić information content (AvgIpc) is 2.09. The van der Waals surface area contributed by atoms with Crippen molar-refractivity contribution in [3.63, 3.8) is 0 Å². The van der Waals surface area contributed by atoms with Crippen molar-refractivity contribution in [3.05, 3.63) is 23.0 Å². The van der Waals surface area contributed by atoms with Crippen LogP contribution in [0.5, 0.6) is 0 Å². The molecule has 0 aromatic heterocycles. The van der Waals surface area contributed by atoms with Gasteiger partial charge < -0.3 is 15.3 Å². The minimum Gasteiger partial charge on any atom is -0.507 e. The van der Waals surface area contributed by atoms with E-state index >= 15 is 0 Å². The Morgan fingerprint density at radius 2 is 1.81 bits per heavy atom. The summed E-state index contributed by atoms with van der Waals surface area (Å²) in [6, 6.07) is 0. The molecule has 0 saturated heterocycles. The van der Waals surface area contributed by atoms with E-state index in [0.29, 0.717) is 0 Å². The second-order valence-electron chi connectivity index (χ2n) is 4.42. The highest BCUT2D eigenvalue weighted by atomic mass is 16.4. The molecule has 0 saturated carbocycles. The molecule has 16 heavy (non-hydrogen) atoms. The maximum Gasteiger partial charge on any atom is 0.335 e. The molecule has 1 aliphatic carbocycles. The van der Waals surface area contributed by atoms with E-state index in [1.807, 2.05) is 0 Å². The zero-order chi connectivity index (χ0) is 12.7. The van der Waals surface area contributed by atoms with Gasteiger partial charge in [0.25, 0.3) is 0 Å². The van der Waals surface area contributed by atoms with Crippen molar-refractivity contribution in [1.29, 1.82) is 0 Å². The van der Waals surface area contributed by atoms with Crippen molar-refractivity contribution < 1.29 is 24.9 Å². The lowest BCUT2D eigenvalue weighted by Crippen LogP contribution is -2.37. The molecule has 1 unspecified atom stereocenters. The van der Waals surface area contributed by atoms with Gasteiger partial charge in [0.15, 0.2) is 0 Å². The van der Waals surface area contributed by atoms with Crippen LogP contribution >= 0.6 is 0 Å². The van der Waals surface area contributed by atoms with Crippen LogP contribution in [0, 0.1) is 11.3 Å². The van der Waals surface area contributed by atoms with Crippen LogP contribution in [0.2, 0.25) is 0 Å². The lowest BCUT2D eigenvalue weighted by atomic mass is 9.68. The van der Waals surface area contributed by atoms with Crippen molar-refractivity contribution in [3.8, 4) is 0 Å². The first-order valence-corrected chi connectivity index (χ1v) is 4.78. The third-order valence-electron chi connectivity index (χ3n) is 2.93. The Bertz CT molecular complexity index is 414. The van der Waals surface area contributed by atoms with E-state index in [0.717, 1.165) is 0 Å². The molecular formula is C11H14O5. The van der Waals surface area contributed by atoms with Crippen LogP contribution in [0.1, 0.15) is 20.8 Å². The Labute approximate surface area is 92.7 Å². The minimum atomic E-state index is -1.29. The number of carboxylic acids is 2. The van der Waals surface area contributed by atoms with E-state index in [9.17, 15) is 14.7 Å². The predicted molar refractivity (Wildman–Crippen MR) is 56.0 cm³/mol. The summed E-state index contributed by atoms with van der Waals surface area (Å²) in [5, 5.41) is 27.7. The molecule has 0 amide bonds. The van der Waals surface area contributed by atoms with Gasteiger partial charge in [-0.15, -0.1) is 0 Å². The molecule has 1 aliphatic rings. The quantitative estimate of drug-likeness (QED) is 0.664. The van der Waals surface area contributed by atoms with E-state index in [4.69, 9.17) is 10.2 Å². The maximum atomic E-state index is 11.1. The number of allylic oxidation sites excluding steroid dienone is 1. The maximum absolute atomic E-state index is 11.1. The number of rotatable bonds is 2. The molecule has 0 fully saturated rings. The van der Waals surface area contributed by atoms with Gasteiger partial charge in [0.2, 0.25) is 0 Å². The first-order valence-electron chi connectivity index (χ1n) is 4.78. The third-order valence-corrected chi connectivity index (χ3v) is 2.93. The molecule has 0 aromatic carbocycles. The van der Waals surface area contributed by atoms with Gasteiger partial charge in [-0.05, 0) is 12.5 Å². The number of carboxylic acid groups (broad SMARTS) is 2. The van der Waals surface area contributed by atoms with Gasteiger partial charge in [-0.3, -0.25) is 4.79 Å². The predicted octanol–water partition coefficient (Wildman–Crippen LogP) is 1.57. The smallest absolute Gasteiger partial charge is 0.335 e. The summed E-state index contributed by atoms with van der Waals surface area (Å²) >= 11 is 0. The van der Waals surface area contributed by atoms with Crippen molar-refractivity contribution in [1.82, 2.24) is 0 Å². The van der Waals surface area contributed by atoms with E-state index in [1.54, 1.807) is 0 Å². The molecule has 0 radical (unpaired) electrons. The summed E-state index contributed by atoms with van der Waals surface area (Å²) in [5.41, 5.74) is -1.11. The highest BCUT2D eigenvalue weighted by Crippen LogP contribution is 2.43. The van der Waals surface area contributed by atoms with Gasteiger partial charge in [-0.1, -0.05) is 19.9 Å². The fraction of sp³-hybridized carbons (Fsp3) is 0.455. The van der Waals surface area contributed by atoms with Gasteiger partial charge in [-0.2, -0.15) is 0 Å². The largest absolute Gasteiger partial charge is 0.507 e. The Balaban J connectivity index is 3.42. The second kappa shape index (κ2) is 3.66. The molecule has 0 aliphatic heterocycles. The van der Waals surface area contributed by atoms with Crippen LogP contribution in [-0.2, 0) is 9.59 Å². The highest BCUT2D eigenvalue weighted by Gasteiger charge is 2.44. The first-order chi connectivity index (χ1) is 7.19. The fourth-order valence-electron chi connectivity index (χ4n) is 1.95. The molecule has 88 valence electrons. The van der Waals surface area contributed by atoms with Gasteiger partial charge in [0.1, 0.15) is 5.76 Å². The number of aliphatic carboxylic acids is 2. The van der Waals surface area contributed by atoms with Crippen molar-refractivity contribution in [2.75, 3.05) is 0 Å². The Kier molecular flexibility index (Phi) is 2.81. The van der Waals surface area contributed by atoms with Gasteiger partial charge in [0, 0.05) is 5.41 Å². The lowest BCUT2D eigenvalue weighted by molar-refractivity contribution is -0.143. The Morgan fingerprint density at radius 1 is 1.31 bits per heavy atom. The van der Waals surface area contributed by atoms with Crippen LogP contribution in [0.3, 0.4) is 0 Å². The molecular weight excluding hydrogens is 212 g/mol. The summed E-state index contributed by atoms with van der Waals surface area (Å²) in [5.74, 6) is -3.68. The van der Waals surface area contributed by atoms with Gasteiger partial charge in [0.05, 0.1) is 11.5 Å². The van der Waals surface area contributed by atoms with Crippen LogP contribution in [0.25, 0.3) is 0 Å². The fourth-order valence-corrected chi connectivity index (χ4v) is 1.95. The number of aliphatic hydroxyl groups excluding tert-OH is 1. The standard InChI is InChI=1S/C11H14O5/c1-5-4-6(9(13)14)11(2,3)7(8(5)12)10(15)16/h4,6,12H,1-3H3,(H,13,14)(H,15,16). The Morgan fingerprint density at radius 3 is 2.19 bits per heavy atom. The molecule has 1 atom stereocenters. The summed E-state index contributed by atoms with van der Waals surface area (Å²) in [4.78, 5) is 22.1. The molecule has 3 N–H and O–H groups in total. The summed E-state index contributed by atoms with van der Waals surface area (Å²) in [7, 11) is 0. The van der Waals surface area contributed by atoms with Crippen molar-refractivity contribution in [2.45, 2.75) is 20.8 Å². The molecule has 1 rings (SSSR count). The zero-order valence-corrected chi connectivity index (χ0v) is 9.31. The van der Waals surface area contributed by atoms with Crippen LogP contribution in [0.15, 0.2) is 23.0 Å². The van der Waals surface area contributed by atoms with Crippen LogP contribution < -0.4 is 0 Å². The topological polar surface area (TPSA) is 94.8 Å². The summed E-state index contributed by atoms with van der Waals surface area (Å²) < 4.78 is 0. The number of hydrogen-bond donors (Lipinski definition) is 3. The zero-order valence-electron chi connectivity index (χ0n) is 9.31. The SMILES string of the molecule is CC1=CC(C(=O)O)C(C)(C)C(C(=O)O)=C1O. The van der Waals surface area contributed by atoms with E-state index in [-0.39, 0.29) is 16.9 Å². The number of aliphatic hydroxyl groups is 1. The van der Waals surface area contributed by atoms with Gasteiger partial charge in [-0.25, -0.2) is 4.79 Å². The number of hydrogen-bond acceptors (Lipinski definition) is 3. The van der Waals surface area contributed by atoms with E-state index in [1.165, 1.54) is 26.8 Å². The molecule has 0 heterocycles. The van der Waals surface area contributed by atoms with Gasteiger partial charge >= 0.3 is 11.9 Å². The van der Waals surface area contributed by atoms with Crippen molar-refractivity contribution in [2.24, 2.45) is 11.3 Å². The molecule has 5 heteroatoms. The Hall–Kier alpha value is -1.78. The van der Waals surface area contributed by atoms with E-state index < -0.39 is 23.3 Å². The van der Waals surface area contributed by atoms with Crippen LogP contribution in [-0.4, -0.2) is 27.3 Å². The normalized spacial score (nSPS) is 23.9. The molecule has 0 spiro atoms. The summed E-state index contributed by atoms with van der Waals surface area (Å²) in [6.45, 7) is 4.48. The monoisotopic (exact) mass is 226 g/mol. The number of carbonyl (C=O) groups is 2. The minimum absolute atomic E-state index is 0.250. The van der Waals surface area contributed by atoms with E-state index in [2.05, 4.69) is 0 Å². The summed E-state index contributed by atoms with van der Waals surface area (Å²) in [6.07, 6.45) is 1.38. The molecule has 0 bridgehead atoms. The molecule has 0 aromatic rings. The average molecular weight is 226 g/mol. The first kappa shape index (κ1) is 12.3. The second-order valence-corrected chi connectivity index (χ2v) is 4.42. The molecule has 5 nitrogen and oxygen atoms in total. The van der Waals surface area contributed by atoms with Crippen molar-refractivity contribution >= 4 is 11.9 Å².